The van der Waals surface area contributed by atoms with Crippen LogP contribution in [0.2, 0.25) is 0 Å². The van der Waals surface area contributed by atoms with Crippen LogP contribution in [-0.2, 0) is 0 Å². The van der Waals surface area contributed by atoms with Gasteiger partial charge in [0.05, 0.1) is 69.8 Å². The molecule has 0 unspecified atom stereocenters. The summed E-state index contributed by atoms with van der Waals surface area (Å²) in [5.74, 6) is 1.16. The number of fused-ring (bicyclic) bond motifs is 6. The molecule has 0 amide bonds. The first-order valence-corrected chi connectivity index (χ1v) is 19.4. The molecule has 0 aliphatic rings. The molecule has 63 heavy (non-hydrogen) atoms. The van der Waals surface area contributed by atoms with Gasteiger partial charge in [0.2, 0.25) is 0 Å². The van der Waals surface area contributed by atoms with Gasteiger partial charge in [0.25, 0.3) is 0 Å². The molecular weight excluding hydrogens is 781 g/mol. The molecule has 3 aromatic heterocycles. The Bertz CT molecular complexity index is 3370. The number of aromatic nitrogens is 6. The Balaban J connectivity index is 1.52. The van der Waals surface area contributed by atoms with E-state index in [-0.39, 0.29) is 16.7 Å². The highest BCUT2D eigenvalue weighted by Gasteiger charge is 2.32. The van der Waals surface area contributed by atoms with Crippen LogP contribution in [0.15, 0.2) is 146 Å². The molecule has 0 fully saturated rings. The van der Waals surface area contributed by atoms with Gasteiger partial charge in [-0.15, -0.1) is 0 Å². The Labute approximate surface area is 358 Å². The summed E-state index contributed by atoms with van der Waals surface area (Å²) in [6, 6.07) is 56.6. The molecule has 0 saturated carbocycles. The van der Waals surface area contributed by atoms with E-state index in [1.165, 1.54) is 18.2 Å². The average molecular weight is 805 g/mol. The fourth-order valence-electron chi connectivity index (χ4n) is 8.14. The van der Waals surface area contributed by atoms with E-state index < -0.39 is 0 Å². The maximum Gasteiger partial charge on any atom is 0.147 e. The lowest BCUT2D eigenvalue weighted by atomic mass is 10.0. The van der Waals surface area contributed by atoms with Crippen LogP contribution in [0.3, 0.4) is 0 Å². The highest BCUT2D eigenvalue weighted by molar-refractivity contribution is 6.22. The fraction of sp³-hybridized carbons (Fsp3) is 0. The molecule has 0 aliphatic carbocycles. The summed E-state index contributed by atoms with van der Waals surface area (Å²) in [6.45, 7) is 0. The van der Waals surface area contributed by atoms with Crippen LogP contribution in [0.1, 0.15) is 33.4 Å². The van der Waals surface area contributed by atoms with Gasteiger partial charge in [-0.05, 0) is 91.0 Å². The topological polar surface area (TPSA) is 196 Å². The van der Waals surface area contributed by atoms with E-state index in [1.54, 1.807) is 36.4 Å². The summed E-state index contributed by atoms with van der Waals surface area (Å²) < 4.78 is 5.83. The summed E-state index contributed by atoms with van der Waals surface area (Å²) in [5.41, 5.74) is 8.07. The summed E-state index contributed by atoms with van der Waals surface area (Å²) >= 11 is 0. The molecule has 3 heterocycles. The molecule has 0 spiro atoms. The van der Waals surface area contributed by atoms with Crippen molar-refractivity contribution >= 4 is 33.1 Å². The van der Waals surface area contributed by atoms with Gasteiger partial charge in [-0.3, -0.25) is 13.7 Å². The van der Waals surface area contributed by atoms with Crippen molar-refractivity contribution < 1.29 is 0 Å². The molecule has 0 atom stereocenters. The maximum absolute atomic E-state index is 10.5. The Kier molecular flexibility index (Phi) is 8.81. The van der Waals surface area contributed by atoms with E-state index in [4.69, 9.17) is 15.0 Å². The summed E-state index contributed by atoms with van der Waals surface area (Å²) in [5, 5.41) is 61.1. The number of hydrogen-bond donors (Lipinski definition) is 0. The van der Waals surface area contributed by atoms with Crippen LogP contribution >= 0.6 is 0 Å². The smallest absolute Gasteiger partial charge is 0.147 e. The maximum atomic E-state index is 10.5. The van der Waals surface area contributed by atoms with Crippen molar-refractivity contribution in [1.82, 2.24) is 28.7 Å². The van der Waals surface area contributed by atoms with E-state index in [9.17, 15) is 31.6 Å². The van der Waals surface area contributed by atoms with Gasteiger partial charge in [0.15, 0.2) is 0 Å². The van der Waals surface area contributed by atoms with Crippen LogP contribution in [-0.4, -0.2) is 28.7 Å². The van der Waals surface area contributed by atoms with Crippen molar-refractivity contribution in [3.63, 3.8) is 0 Å². The minimum Gasteiger partial charge on any atom is -0.290 e. The molecule has 12 heteroatoms. The Morgan fingerprint density at radius 1 is 0.317 bits per heavy atom. The number of benzene rings is 7. The van der Waals surface area contributed by atoms with Gasteiger partial charge < -0.3 is 0 Å². The van der Waals surface area contributed by atoms with E-state index in [0.717, 1.165) is 0 Å². The quantitative estimate of drug-likeness (QED) is 0.157. The van der Waals surface area contributed by atoms with Crippen LogP contribution in [0.4, 0.5) is 0 Å². The van der Waals surface area contributed by atoms with Gasteiger partial charge in [0.1, 0.15) is 50.6 Å². The van der Waals surface area contributed by atoms with Crippen molar-refractivity contribution in [2.75, 3.05) is 0 Å². The Morgan fingerprint density at radius 3 is 0.825 bits per heavy atom. The Morgan fingerprint density at radius 2 is 0.587 bits per heavy atom. The average Bonchev–Trinajstić information content (AvgIpc) is 4.06. The van der Waals surface area contributed by atoms with Crippen molar-refractivity contribution in [2.45, 2.75) is 0 Å². The molecular formula is C51H24N12. The first kappa shape index (κ1) is 37.2. The molecule has 0 saturated heterocycles. The Hall–Kier alpha value is -10.1. The lowest BCUT2D eigenvalue weighted by Gasteiger charge is -2.13. The molecule has 0 radical (unpaired) electrons. The zero-order valence-corrected chi connectivity index (χ0v) is 32.7. The van der Waals surface area contributed by atoms with Crippen molar-refractivity contribution in [1.29, 1.82) is 31.6 Å². The second-order valence-corrected chi connectivity index (χ2v) is 14.4. The molecule has 12 nitrogen and oxygen atoms in total. The normalized spacial score (nSPS) is 10.8. The van der Waals surface area contributed by atoms with Crippen LogP contribution in [0.5, 0.6) is 0 Å². The number of imidazole rings is 3. The number of hydrogen-bond acceptors (Lipinski definition) is 9. The third-order valence-corrected chi connectivity index (χ3v) is 10.9. The van der Waals surface area contributed by atoms with Gasteiger partial charge in [0, 0.05) is 33.8 Å². The summed E-state index contributed by atoms with van der Waals surface area (Å²) in [7, 11) is 0. The fourth-order valence-corrected chi connectivity index (χ4v) is 8.14. The molecule has 0 aliphatic heterocycles. The van der Waals surface area contributed by atoms with Crippen molar-refractivity contribution in [3.8, 4) is 87.6 Å². The van der Waals surface area contributed by atoms with Crippen LogP contribution < -0.4 is 0 Å². The lowest BCUT2D eigenvalue weighted by Crippen LogP contribution is -2.01. The third-order valence-electron chi connectivity index (χ3n) is 10.9. The second-order valence-electron chi connectivity index (χ2n) is 14.4. The molecule has 0 bridgehead atoms. The van der Waals surface area contributed by atoms with E-state index in [0.29, 0.717) is 101 Å². The number of rotatable bonds is 6. The SMILES string of the molecule is N#Cc1ccc(-c2nc3c(c4nc(-c5ccc(C#N)cc5C#N)n(-c5ccccc5)c4c4nc(-c5ccc(C#N)cc5C#N)n(-c5ccccc5)c34)n2-c2ccccc2)c(C#N)c1. The third kappa shape index (κ3) is 5.83. The minimum atomic E-state index is 0.231. The van der Waals surface area contributed by atoms with E-state index in [2.05, 4.69) is 36.4 Å². The van der Waals surface area contributed by atoms with Crippen LogP contribution in [0.25, 0.3) is 84.3 Å². The largest absolute Gasteiger partial charge is 0.290 e. The molecule has 10 rings (SSSR count). The lowest BCUT2D eigenvalue weighted by molar-refractivity contribution is 1.10. The van der Waals surface area contributed by atoms with Crippen molar-refractivity contribution in [3.05, 3.63) is 179 Å². The molecule has 7 aromatic carbocycles. The molecule has 0 N–H and O–H groups in total. The van der Waals surface area contributed by atoms with E-state index in [1.807, 2.05) is 105 Å². The van der Waals surface area contributed by atoms with Gasteiger partial charge >= 0.3 is 0 Å². The second kappa shape index (κ2) is 14.9. The zero-order chi connectivity index (χ0) is 43.2. The van der Waals surface area contributed by atoms with Crippen LogP contribution in [0, 0.1) is 68.0 Å². The predicted octanol–water partition coefficient (Wildman–Crippen LogP) is 9.93. The van der Waals surface area contributed by atoms with Gasteiger partial charge in [-0.2, -0.15) is 31.6 Å². The summed E-state index contributed by atoms with van der Waals surface area (Å²) in [4.78, 5) is 16.3. The number of para-hydroxylation sites is 3. The van der Waals surface area contributed by atoms with E-state index >= 15 is 0 Å². The summed E-state index contributed by atoms with van der Waals surface area (Å²) in [6.07, 6.45) is 0. The molecule has 10 aromatic rings. The number of nitrogens with zero attached hydrogens (tertiary/aromatic N) is 12. The first-order valence-electron chi connectivity index (χ1n) is 19.4. The predicted molar refractivity (Wildman–Crippen MR) is 235 cm³/mol. The highest BCUT2D eigenvalue weighted by atomic mass is 15.2. The highest BCUT2D eigenvalue weighted by Crippen LogP contribution is 2.45. The van der Waals surface area contributed by atoms with Crippen molar-refractivity contribution in [2.24, 2.45) is 0 Å². The van der Waals surface area contributed by atoms with Gasteiger partial charge in [-0.1, -0.05) is 54.6 Å². The monoisotopic (exact) mass is 804 g/mol. The zero-order valence-electron chi connectivity index (χ0n) is 32.7. The first-order chi connectivity index (χ1) is 31.0. The minimum absolute atomic E-state index is 0.231. The standard InChI is InChI=1S/C51H24N12/c52-25-31-16-19-40(34(22-31)28-55)49-58-43-46(61(49)37-10-4-1-5-11-37)44-48(63(39-14-8-3-9-15-39)50(59-44)41-20-17-32(26-53)23-35(41)29-56)45-47(43)62(38-12-6-2-7-13-38)51(60-45)42-21-18-33(27-54)24-36(42)30-57/h1-24H. The van der Waals surface area contributed by atoms with Gasteiger partial charge in [-0.25, -0.2) is 15.0 Å². The molecule has 288 valence electrons. The number of nitriles is 6.